The molecular weight excluding hydrogens is 182 g/mol. The zero-order chi connectivity index (χ0) is 10.7. The van der Waals surface area contributed by atoms with E-state index < -0.39 is 0 Å². The molecule has 0 aliphatic rings. The molecule has 0 N–H and O–H groups in total. The predicted molar refractivity (Wildman–Crippen MR) is 61.3 cm³/mol. The van der Waals surface area contributed by atoms with Gasteiger partial charge in [0.1, 0.15) is 0 Å². The third-order valence-corrected chi connectivity index (χ3v) is 2.37. The topological polar surface area (TPSA) is 23.8 Å². The van der Waals surface area contributed by atoms with Crippen LogP contribution in [0, 0.1) is 18.3 Å². The van der Waals surface area contributed by atoms with Crippen LogP contribution in [0.2, 0.25) is 0 Å². The Hall–Kier alpha value is -2.07. The van der Waals surface area contributed by atoms with Crippen LogP contribution in [0.1, 0.15) is 11.1 Å². The number of rotatable bonds is 1. The van der Waals surface area contributed by atoms with Crippen molar-refractivity contribution in [1.82, 2.24) is 0 Å². The van der Waals surface area contributed by atoms with Crippen LogP contribution < -0.4 is 0 Å². The molecule has 1 nitrogen and oxygen atoms in total. The van der Waals surface area contributed by atoms with Gasteiger partial charge in [0.25, 0.3) is 0 Å². The van der Waals surface area contributed by atoms with Crippen LogP contribution in [-0.2, 0) is 0 Å². The van der Waals surface area contributed by atoms with Crippen LogP contribution in [0.4, 0.5) is 0 Å². The third-order valence-electron chi connectivity index (χ3n) is 2.37. The molecule has 1 heteroatoms. The van der Waals surface area contributed by atoms with Crippen molar-refractivity contribution < 1.29 is 0 Å². The zero-order valence-electron chi connectivity index (χ0n) is 8.57. The Morgan fingerprint density at radius 3 is 2.27 bits per heavy atom. The maximum atomic E-state index is 8.69. The van der Waals surface area contributed by atoms with Crippen LogP contribution in [0.25, 0.3) is 11.1 Å². The fraction of sp³-hybridized carbons (Fsp3) is 0.0714. The summed E-state index contributed by atoms with van der Waals surface area (Å²) in [5.41, 5.74) is 4.29. The van der Waals surface area contributed by atoms with E-state index in [0.29, 0.717) is 5.56 Å². The van der Waals surface area contributed by atoms with Crippen molar-refractivity contribution in [3.05, 3.63) is 59.7 Å². The molecule has 0 fully saturated rings. The molecule has 2 aromatic rings. The number of hydrogen-bond acceptors (Lipinski definition) is 1. The van der Waals surface area contributed by atoms with Gasteiger partial charge in [-0.3, -0.25) is 0 Å². The van der Waals surface area contributed by atoms with Crippen molar-refractivity contribution in [2.75, 3.05) is 0 Å². The van der Waals surface area contributed by atoms with Crippen LogP contribution in [-0.4, -0.2) is 0 Å². The van der Waals surface area contributed by atoms with Gasteiger partial charge in [-0.25, -0.2) is 0 Å². The van der Waals surface area contributed by atoms with E-state index in [2.05, 4.69) is 31.2 Å². The number of hydrogen-bond donors (Lipinski definition) is 0. The summed E-state index contributed by atoms with van der Waals surface area (Å²) in [7, 11) is 0. The average Bonchev–Trinajstić information content (AvgIpc) is 2.29. The lowest BCUT2D eigenvalue weighted by Gasteiger charge is -2.02. The van der Waals surface area contributed by atoms with Crippen LogP contribution in [0.5, 0.6) is 0 Å². The average molecular weight is 193 g/mol. The largest absolute Gasteiger partial charge is 0.192 e. The van der Waals surface area contributed by atoms with E-state index in [1.807, 2.05) is 30.3 Å². The van der Waals surface area contributed by atoms with Crippen molar-refractivity contribution in [2.24, 2.45) is 0 Å². The molecule has 0 amide bonds. The lowest BCUT2D eigenvalue weighted by molar-refractivity contribution is 1.46. The second-order valence-electron chi connectivity index (χ2n) is 3.56. The van der Waals surface area contributed by atoms with Gasteiger partial charge in [-0.15, -0.1) is 0 Å². The minimum absolute atomic E-state index is 0.700. The summed E-state index contributed by atoms with van der Waals surface area (Å²) < 4.78 is 0. The molecule has 2 rings (SSSR count). The van der Waals surface area contributed by atoms with Gasteiger partial charge >= 0.3 is 0 Å². The molecule has 0 atom stereocenters. The maximum absolute atomic E-state index is 8.69. The van der Waals surface area contributed by atoms with Gasteiger partial charge in [0.05, 0.1) is 11.6 Å². The first-order valence-electron chi connectivity index (χ1n) is 4.87. The number of nitrogens with zero attached hydrogens (tertiary/aromatic N) is 1. The van der Waals surface area contributed by atoms with E-state index in [1.54, 1.807) is 0 Å². The van der Waals surface area contributed by atoms with E-state index in [4.69, 9.17) is 5.26 Å². The molecule has 0 heterocycles. The van der Waals surface area contributed by atoms with Gasteiger partial charge in [-0.1, -0.05) is 42.0 Å². The van der Waals surface area contributed by atoms with Gasteiger partial charge in [-0.2, -0.15) is 5.26 Å². The Kier molecular flexibility index (Phi) is 2.51. The van der Waals surface area contributed by atoms with Crippen molar-refractivity contribution in [2.45, 2.75) is 6.92 Å². The first-order valence-corrected chi connectivity index (χ1v) is 4.87. The van der Waals surface area contributed by atoms with Gasteiger partial charge in [-0.05, 0) is 30.2 Å². The summed E-state index contributed by atoms with van der Waals surface area (Å²) in [6, 6.07) is 18.1. The number of nitriles is 1. The fourth-order valence-corrected chi connectivity index (χ4v) is 1.56. The van der Waals surface area contributed by atoms with E-state index >= 15 is 0 Å². The van der Waals surface area contributed by atoms with Crippen LogP contribution in [0.3, 0.4) is 0 Å². The molecule has 0 aromatic heterocycles. The van der Waals surface area contributed by atoms with E-state index in [1.165, 1.54) is 11.1 Å². The van der Waals surface area contributed by atoms with E-state index in [-0.39, 0.29) is 0 Å². The van der Waals surface area contributed by atoms with Gasteiger partial charge in [0.15, 0.2) is 0 Å². The Bertz CT molecular complexity index is 504. The molecule has 0 saturated heterocycles. The summed E-state index contributed by atoms with van der Waals surface area (Å²) in [5, 5.41) is 8.69. The quantitative estimate of drug-likeness (QED) is 0.679. The monoisotopic (exact) mass is 193 g/mol. The Balaban J connectivity index is 2.42. The molecule has 0 aliphatic heterocycles. The predicted octanol–water partition coefficient (Wildman–Crippen LogP) is 3.53. The molecule has 0 bridgehead atoms. The highest BCUT2D eigenvalue weighted by Gasteiger charge is 1.97. The van der Waals surface area contributed by atoms with Crippen LogP contribution in [0.15, 0.2) is 48.5 Å². The summed E-state index contributed by atoms with van der Waals surface area (Å²) in [6.07, 6.45) is 0. The Morgan fingerprint density at radius 2 is 1.67 bits per heavy atom. The third kappa shape index (κ3) is 2.05. The summed E-state index contributed by atoms with van der Waals surface area (Å²) >= 11 is 0. The molecule has 0 unspecified atom stereocenters. The number of aryl methyl sites for hydroxylation is 1. The van der Waals surface area contributed by atoms with Gasteiger partial charge < -0.3 is 0 Å². The van der Waals surface area contributed by atoms with Crippen LogP contribution >= 0.6 is 0 Å². The Labute approximate surface area is 89.6 Å². The highest BCUT2D eigenvalue weighted by molar-refractivity contribution is 5.64. The molecule has 2 aromatic carbocycles. The minimum Gasteiger partial charge on any atom is -0.192 e. The second kappa shape index (κ2) is 3.98. The smallest absolute Gasteiger partial charge is 0.0991 e. The lowest BCUT2D eigenvalue weighted by atomic mass is 10.0. The zero-order valence-corrected chi connectivity index (χ0v) is 8.57. The van der Waals surface area contributed by atoms with E-state index in [9.17, 15) is 0 Å². The second-order valence-corrected chi connectivity index (χ2v) is 3.56. The molecule has 72 valence electrons. The molecule has 0 aliphatic carbocycles. The first kappa shape index (κ1) is 9.48. The SMILES string of the molecule is Cc1cccc(-c2ccc(C#N)cc2)c1. The maximum Gasteiger partial charge on any atom is 0.0991 e. The van der Waals surface area contributed by atoms with E-state index in [0.717, 1.165) is 5.56 Å². The van der Waals surface area contributed by atoms with Crippen molar-refractivity contribution in [3.63, 3.8) is 0 Å². The van der Waals surface area contributed by atoms with Gasteiger partial charge in [0, 0.05) is 0 Å². The van der Waals surface area contributed by atoms with Gasteiger partial charge in [0.2, 0.25) is 0 Å². The minimum atomic E-state index is 0.700. The van der Waals surface area contributed by atoms with Crippen molar-refractivity contribution in [1.29, 1.82) is 5.26 Å². The standard InChI is InChI=1S/C14H11N/c1-11-3-2-4-14(9-11)13-7-5-12(10-15)6-8-13/h2-9H,1H3. The summed E-state index contributed by atoms with van der Waals surface area (Å²) in [6.45, 7) is 2.08. The highest BCUT2D eigenvalue weighted by atomic mass is 14.2. The molecule has 0 radical (unpaired) electrons. The molecule has 15 heavy (non-hydrogen) atoms. The lowest BCUT2D eigenvalue weighted by Crippen LogP contribution is -1.80. The number of benzene rings is 2. The fourth-order valence-electron chi connectivity index (χ4n) is 1.56. The molecule has 0 spiro atoms. The first-order chi connectivity index (χ1) is 7.29. The van der Waals surface area contributed by atoms with Crippen molar-refractivity contribution >= 4 is 0 Å². The summed E-state index contributed by atoms with van der Waals surface area (Å²) in [4.78, 5) is 0. The normalized spacial score (nSPS) is 9.60. The highest BCUT2D eigenvalue weighted by Crippen LogP contribution is 2.20. The molecule has 0 saturated carbocycles. The van der Waals surface area contributed by atoms with Crippen molar-refractivity contribution in [3.8, 4) is 17.2 Å². The Morgan fingerprint density at radius 1 is 0.933 bits per heavy atom. The molecular formula is C14H11N. The summed E-state index contributed by atoms with van der Waals surface area (Å²) in [5.74, 6) is 0.